The highest BCUT2D eigenvalue weighted by Gasteiger charge is 2.20. The number of carboxylic acids is 1. The van der Waals surface area contributed by atoms with Gasteiger partial charge in [-0.15, -0.1) is 0 Å². The predicted octanol–water partition coefficient (Wildman–Crippen LogP) is 2.98. The molecule has 26 heavy (non-hydrogen) atoms. The van der Waals surface area contributed by atoms with Crippen molar-refractivity contribution in [3.05, 3.63) is 64.2 Å². The largest absolute Gasteiger partial charge is 0.482 e. The van der Waals surface area contributed by atoms with Crippen LogP contribution in [0.4, 0.5) is 0 Å². The fraction of sp³-hybridized carbons (Fsp3) is 0.350. The van der Waals surface area contributed by atoms with Gasteiger partial charge in [-0.05, 0) is 60.2 Å². The third-order valence-corrected chi connectivity index (χ3v) is 4.84. The summed E-state index contributed by atoms with van der Waals surface area (Å²) in [5.41, 5.74) is 3.22. The lowest BCUT2D eigenvalue weighted by atomic mass is 9.88. The van der Waals surface area contributed by atoms with Gasteiger partial charge in [-0.2, -0.15) is 0 Å². The van der Waals surface area contributed by atoms with Crippen molar-refractivity contribution in [1.82, 2.24) is 5.32 Å². The first-order valence-corrected chi connectivity index (χ1v) is 9.02. The maximum atomic E-state index is 10.6. The lowest BCUT2D eigenvalue weighted by Crippen LogP contribution is -2.37. The second kappa shape index (κ2) is 8.54. The summed E-state index contributed by atoms with van der Waals surface area (Å²) in [6.45, 7) is 0.113. The number of aryl methyl sites for hydroxylation is 1. The van der Waals surface area contributed by atoms with Gasteiger partial charge in [-0.1, -0.05) is 29.8 Å². The molecule has 2 aromatic carbocycles. The van der Waals surface area contributed by atoms with Crippen LogP contribution in [0.3, 0.4) is 0 Å². The van der Waals surface area contributed by atoms with E-state index in [2.05, 4.69) is 5.32 Å². The van der Waals surface area contributed by atoms with E-state index in [1.54, 1.807) is 12.1 Å². The van der Waals surface area contributed by atoms with Gasteiger partial charge in [-0.3, -0.25) is 0 Å². The van der Waals surface area contributed by atoms with Crippen LogP contribution in [0.15, 0.2) is 42.5 Å². The fourth-order valence-corrected chi connectivity index (χ4v) is 3.45. The summed E-state index contributed by atoms with van der Waals surface area (Å²) in [7, 11) is 0. The Hall–Kier alpha value is -2.08. The zero-order valence-electron chi connectivity index (χ0n) is 14.3. The molecule has 1 aliphatic carbocycles. The molecule has 2 aromatic rings. The van der Waals surface area contributed by atoms with Crippen LogP contribution in [0.5, 0.6) is 5.75 Å². The first-order chi connectivity index (χ1) is 12.5. The molecule has 0 saturated heterocycles. The Morgan fingerprint density at radius 3 is 2.88 bits per heavy atom. The molecule has 3 rings (SSSR count). The molecule has 0 radical (unpaired) electrons. The Labute approximate surface area is 157 Å². The Morgan fingerprint density at radius 2 is 2.12 bits per heavy atom. The minimum absolute atomic E-state index is 0.256. The second-order valence-electron chi connectivity index (χ2n) is 6.53. The number of ether oxygens (including phenoxy) is 1. The fourth-order valence-electron chi connectivity index (χ4n) is 3.25. The molecule has 6 heteroatoms. The van der Waals surface area contributed by atoms with E-state index in [0.29, 0.717) is 17.3 Å². The van der Waals surface area contributed by atoms with E-state index in [-0.39, 0.29) is 12.6 Å². The third kappa shape index (κ3) is 4.97. The molecule has 0 bridgehead atoms. The van der Waals surface area contributed by atoms with Crippen molar-refractivity contribution in [1.29, 1.82) is 0 Å². The molecule has 0 aliphatic heterocycles. The van der Waals surface area contributed by atoms with Gasteiger partial charge in [0, 0.05) is 17.6 Å². The maximum Gasteiger partial charge on any atom is 0.341 e. The molecule has 1 unspecified atom stereocenters. The van der Waals surface area contributed by atoms with Crippen LogP contribution >= 0.6 is 11.6 Å². The molecule has 3 N–H and O–H groups in total. The van der Waals surface area contributed by atoms with E-state index >= 15 is 0 Å². The van der Waals surface area contributed by atoms with Gasteiger partial charge in [0.25, 0.3) is 0 Å². The van der Waals surface area contributed by atoms with E-state index in [4.69, 9.17) is 21.4 Å². The minimum atomic E-state index is -0.989. The number of hydrogen-bond donors (Lipinski definition) is 3. The third-order valence-electron chi connectivity index (χ3n) is 4.60. The van der Waals surface area contributed by atoms with Crippen LogP contribution < -0.4 is 10.1 Å². The minimum Gasteiger partial charge on any atom is -0.482 e. The number of carboxylic acid groups (broad SMARTS) is 1. The standard InChI is InChI=1S/C20H22ClNO4/c21-16-3-1-2-14(8-16)19(23)11-22-17-6-4-13-5-7-18(10-15(13)9-17)26-12-20(24)25/h1-3,5,7-8,10,17,19,22-23H,4,6,9,11-12H2,(H,24,25)/t17?,19-/m0/s1. The molecule has 0 saturated carbocycles. The number of aliphatic hydroxyl groups excluding tert-OH is 1. The van der Waals surface area contributed by atoms with Crippen molar-refractivity contribution >= 4 is 17.6 Å². The summed E-state index contributed by atoms with van der Waals surface area (Å²) in [6, 6.07) is 13.2. The van der Waals surface area contributed by atoms with Crippen LogP contribution in [0.2, 0.25) is 5.02 Å². The Bertz CT molecular complexity index is 780. The Balaban J connectivity index is 1.57. The number of aliphatic hydroxyl groups is 1. The van der Waals surface area contributed by atoms with Crippen molar-refractivity contribution in [3.63, 3.8) is 0 Å². The first kappa shape index (κ1) is 18.7. The first-order valence-electron chi connectivity index (χ1n) is 8.64. The highest BCUT2D eigenvalue weighted by molar-refractivity contribution is 6.30. The van der Waals surface area contributed by atoms with Crippen LogP contribution in [0.25, 0.3) is 0 Å². The summed E-state index contributed by atoms with van der Waals surface area (Å²) in [5, 5.41) is 23.1. The van der Waals surface area contributed by atoms with E-state index in [9.17, 15) is 9.90 Å². The lowest BCUT2D eigenvalue weighted by Gasteiger charge is -2.27. The highest BCUT2D eigenvalue weighted by Crippen LogP contribution is 2.26. The summed E-state index contributed by atoms with van der Waals surface area (Å²) in [4.78, 5) is 10.6. The smallest absolute Gasteiger partial charge is 0.341 e. The predicted molar refractivity (Wildman–Crippen MR) is 99.8 cm³/mol. The van der Waals surface area contributed by atoms with Crippen LogP contribution in [-0.4, -0.2) is 35.4 Å². The number of halogens is 1. The van der Waals surface area contributed by atoms with Crippen molar-refractivity contribution in [2.24, 2.45) is 0 Å². The number of nitrogens with one attached hydrogen (secondary N) is 1. The molecular formula is C20H22ClNO4. The molecule has 138 valence electrons. The van der Waals surface area contributed by atoms with Crippen molar-refractivity contribution in [2.45, 2.75) is 31.4 Å². The second-order valence-corrected chi connectivity index (χ2v) is 6.97. The van der Waals surface area contributed by atoms with E-state index < -0.39 is 12.1 Å². The number of hydrogen-bond acceptors (Lipinski definition) is 4. The quantitative estimate of drug-likeness (QED) is 0.693. The molecule has 0 spiro atoms. The molecule has 0 fully saturated rings. The van der Waals surface area contributed by atoms with Crippen LogP contribution in [0.1, 0.15) is 29.2 Å². The average Bonchev–Trinajstić information content (AvgIpc) is 2.64. The SMILES string of the molecule is O=C(O)COc1ccc2c(c1)CC(NC[C@H](O)c1cccc(Cl)c1)CC2. The van der Waals surface area contributed by atoms with E-state index in [1.165, 1.54) is 5.56 Å². The number of carbonyl (C=O) groups is 1. The summed E-state index contributed by atoms with van der Waals surface area (Å²) in [5.74, 6) is -0.414. The van der Waals surface area contributed by atoms with Gasteiger partial charge >= 0.3 is 5.97 Å². The van der Waals surface area contributed by atoms with Gasteiger partial charge < -0.3 is 20.3 Å². The number of benzene rings is 2. The monoisotopic (exact) mass is 375 g/mol. The summed E-state index contributed by atoms with van der Waals surface area (Å²) in [6.07, 6.45) is 2.15. The number of rotatable bonds is 7. The van der Waals surface area contributed by atoms with Gasteiger partial charge in [0.2, 0.25) is 0 Å². The zero-order chi connectivity index (χ0) is 18.5. The summed E-state index contributed by atoms with van der Waals surface area (Å²) < 4.78 is 5.26. The number of aliphatic carboxylic acids is 1. The maximum absolute atomic E-state index is 10.6. The molecule has 0 aromatic heterocycles. The molecule has 2 atom stereocenters. The molecule has 1 aliphatic rings. The Kier molecular flexibility index (Phi) is 6.14. The zero-order valence-corrected chi connectivity index (χ0v) is 15.1. The van der Waals surface area contributed by atoms with Crippen molar-refractivity contribution < 1.29 is 19.7 Å². The van der Waals surface area contributed by atoms with Gasteiger partial charge in [0.15, 0.2) is 6.61 Å². The Morgan fingerprint density at radius 1 is 1.27 bits per heavy atom. The van der Waals surface area contributed by atoms with Crippen LogP contribution in [0, 0.1) is 0 Å². The van der Waals surface area contributed by atoms with E-state index in [1.807, 2.05) is 30.3 Å². The van der Waals surface area contributed by atoms with Gasteiger partial charge in [-0.25, -0.2) is 4.79 Å². The van der Waals surface area contributed by atoms with Crippen molar-refractivity contribution in [3.8, 4) is 5.75 Å². The highest BCUT2D eigenvalue weighted by atomic mass is 35.5. The average molecular weight is 376 g/mol. The van der Waals surface area contributed by atoms with Gasteiger partial charge in [0.05, 0.1) is 6.10 Å². The normalized spacial score (nSPS) is 17.4. The molecule has 5 nitrogen and oxygen atoms in total. The van der Waals surface area contributed by atoms with Crippen LogP contribution in [-0.2, 0) is 17.6 Å². The topological polar surface area (TPSA) is 78.8 Å². The number of fused-ring (bicyclic) bond motifs is 1. The molecule has 0 heterocycles. The lowest BCUT2D eigenvalue weighted by molar-refractivity contribution is -0.139. The molecular weight excluding hydrogens is 354 g/mol. The van der Waals surface area contributed by atoms with Gasteiger partial charge in [0.1, 0.15) is 5.75 Å². The van der Waals surface area contributed by atoms with E-state index in [0.717, 1.165) is 30.4 Å². The van der Waals surface area contributed by atoms with Crippen molar-refractivity contribution in [2.75, 3.05) is 13.2 Å². The molecule has 0 amide bonds. The summed E-state index contributed by atoms with van der Waals surface area (Å²) >= 11 is 5.97.